The molecule has 0 spiro atoms. The molecule has 110 valence electrons. The summed E-state index contributed by atoms with van der Waals surface area (Å²) in [5.41, 5.74) is -0.0316. The van der Waals surface area contributed by atoms with E-state index in [1.165, 1.54) is 30.9 Å². The highest BCUT2D eigenvalue weighted by Gasteiger charge is 2.17. The average molecular weight is 304 g/mol. The molecule has 2 aromatic carbocycles. The van der Waals surface area contributed by atoms with Gasteiger partial charge in [-0.1, -0.05) is 12.1 Å². The Morgan fingerprint density at radius 2 is 1.14 bits per heavy atom. The van der Waals surface area contributed by atoms with Gasteiger partial charge in [0.2, 0.25) is 0 Å². The molecule has 0 radical (unpaired) electrons. The third-order valence-corrected chi connectivity index (χ3v) is 3.13. The molecular weight excluding hydrogens is 296 g/mol. The number of benzene rings is 2. The van der Waals surface area contributed by atoms with Gasteiger partial charge in [0.15, 0.2) is 11.6 Å². The summed E-state index contributed by atoms with van der Waals surface area (Å²) in [5.74, 6) is -4.05. The lowest BCUT2D eigenvalue weighted by Gasteiger charge is -2.09. The Bertz CT molecular complexity index is 815. The molecule has 0 saturated carbocycles. The molecule has 0 amide bonds. The zero-order chi connectivity index (χ0) is 15.7. The maximum atomic E-state index is 14.2. The van der Waals surface area contributed by atoms with Gasteiger partial charge in [0.25, 0.3) is 0 Å². The van der Waals surface area contributed by atoms with Gasteiger partial charge in [0.1, 0.15) is 18.0 Å². The highest BCUT2D eigenvalue weighted by atomic mass is 19.2. The Hall–Kier alpha value is -2.76. The average Bonchev–Trinajstić information content (AvgIpc) is 2.50. The van der Waals surface area contributed by atoms with Crippen LogP contribution in [0.3, 0.4) is 0 Å². The van der Waals surface area contributed by atoms with E-state index in [1.807, 2.05) is 0 Å². The first-order valence-corrected chi connectivity index (χ1v) is 6.26. The summed E-state index contributed by atoms with van der Waals surface area (Å²) in [4.78, 5) is 7.47. The lowest BCUT2D eigenvalue weighted by molar-refractivity contribution is 0.513. The van der Waals surface area contributed by atoms with E-state index in [4.69, 9.17) is 0 Å². The van der Waals surface area contributed by atoms with Crippen molar-refractivity contribution in [1.29, 1.82) is 0 Å². The molecule has 0 fully saturated rings. The zero-order valence-corrected chi connectivity index (χ0v) is 11.0. The third-order valence-electron chi connectivity index (χ3n) is 3.13. The molecule has 0 unspecified atom stereocenters. The summed E-state index contributed by atoms with van der Waals surface area (Å²) >= 11 is 0. The monoisotopic (exact) mass is 304 g/mol. The second-order valence-electron chi connectivity index (χ2n) is 4.57. The lowest BCUT2D eigenvalue weighted by atomic mass is 10.00. The second-order valence-corrected chi connectivity index (χ2v) is 4.57. The van der Waals surface area contributed by atoms with Crippen LogP contribution in [0.15, 0.2) is 49.1 Å². The predicted octanol–water partition coefficient (Wildman–Crippen LogP) is 4.37. The number of hydrogen-bond acceptors (Lipinski definition) is 2. The van der Waals surface area contributed by atoms with E-state index in [0.29, 0.717) is 11.6 Å². The van der Waals surface area contributed by atoms with Gasteiger partial charge >= 0.3 is 0 Å². The Morgan fingerprint density at radius 1 is 0.636 bits per heavy atom. The molecule has 0 atom stereocenters. The SMILES string of the molecule is Fc1cc(F)cc(-c2ccc(-c3cncnc3)c(F)c2F)c1. The Labute approximate surface area is 123 Å². The summed E-state index contributed by atoms with van der Waals surface area (Å²) in [6.07, 6.45) is 3.94. The van der Waals surface area contributed by atoms with E-state index >= 15 is 0 Å². The van der Waals surface area contributed by atoms with Crippen molar-refractivity contribution in [3.63, 3.8) is 0 Å². The summed E-state index contributed by atoms with van der Waals surface area (Å²) < 4.78 is 54.9. The Kier molecular flexibility index (Phi) is 3.58. The third kappa shape index (κ3) is 2.55. The second kappa shape index (κ2) is 5.55. The molecular formula is C16H8F4N2. The quantitative estimate of drug-likeness (QED) is 0.657. The van der Waals surface area contributed by atoms with Crippen LogP contribution in [0.5, 0.6) is 0 Å². The molecule has 0 saturated heterocycles. The Balaban J connectivity index is 2.14. The minimum Gasteiger partial charge on any atom is -0.244 e. The van der Waals surface area contributed by atoms with Gasteiger partial charge in [-0.3, -0.25) is 0 Å². The lowest BCUT2D eigenvalue weighted by Crippen LogP contribution is -1.95. The molecule has 0 aliphatic heterocycles. The van der Waals surface area contributed by atoms with Crippen LogP contribution < -0.4 is 0 Å². The van der Waals surface area contributed by atoms with E-state index in [9.17, 15) is 17.6 Å². The van der Waals surface area contributed by atoms with Crippen LogP contribution in [0.25, 0.3) is 22.3 Å². The standard InChI is InChI=1S/C16H8F4N2/c17-11-3-9(4-12(18)5-11)13-1-2-14(16(20)15(13)19)10-6-21-8-22-7-10/h1-8H. The number of nitrogens with zero attached hydrogens (tertiary/aromatic N) is 2. The van der Waals surface area contributed by atoms with Crippen LogP contribution in [-0.4, -0.2) is 9.97 Å². The molecule has 6 heteroatoms. The van der Waals surface area contributed by atoms with Crippen molar-refractivity contribution in [2.75, 3.05) is 0 Å². The fourth-order valence-corrected chi connectivity index (χ4v) is 2.14. The van der Waals surface area contributed by atoms with Gasteiger partial charge in [0, 0.05) is 35.2 Å². The molecule has 3 aromatic rings. The van der Waals surface area contributed by atoms with Crippen molar-refractivity contribution in [3.05, 3.63) is 72.3 Å². The molecule has 22 heavy (non-hydrogen) atoms. The van der Waals surface area contributed by atoms with Gasteiger partial charge < -0.3 is 0 Å². The van der Waals surface area contributed by atoms with Crippen molar-refractivity contribution in [3.8, 4) is 22.3 Å². The molecule has 1 aromatic heterocycles. The maximum Gasteiger partial charge on any atom is 0.167 e. The van der Waals surface area contributed by atoms with E-state index in [-0.39, 0.29) is 16.7 Å². The van der Waals surface area contributed by atoms with Gasteiger partial charge in [0.05, 0.1) is 0 Å². The van der Waals surface area contributed by atoms with E-state index in [2.05, 4.69) is 9.97 Å². The predicted molar refractivity (Wildman–Crippen MR) is 72.7 cm³/mol. The van der Waals surface area contributed by atoms with Crippen LogP contribution in [0.2, 0.25) is 0 Å². The largest absolute Gasteiger partial charge is 0.244 e. The molecule has 1 heterocycles. The van der Waals surface area contributed by atoms with Crippen molar-refractivity contribution >= 4 is 0 Å². The zero-order valence-electron chi connectivity index (χ0n) is 11.0. The molecule has 0 aliphatic carbocycles. The number of aromatic nitrogens is 2. The van der Waals surface area contributed by atoms with E-state index in [0.717, 1.165) is 12.1 Å². The van der Waals surface area contributed by atoms with Gasteiger partial charge in [-0.2, -0.15) is 0 Å². The summed E-state index contributed by atoms with van der Waals surface area (Å²) in [7, 11) is 0. The Morgan fingerprint density at radius 3 is 1.68 bits per heavy atom. The topological polar surface area (TPSA) is 25.8 Å². The van der Waals surface area contributed by atoms with Gasteiger partial charge in [-0.05, 0) is 17.7 Å². The van der Waals surface area contributed by atoms with Crippen LogP contribution in [-0.2, 0) is 0 Å². The smallest absolute Gasteiger partial charge is 0.167 e. The van der Waals surface area contributed by atoms with Crippen LogP contribution in [0, 0.1) is 23.3 Å². The van der Waals surface area contributed by atoms with E-state index < -0.39 is 23.3 Å². The first-order valence-electron chi connectivity index (χ1n) is 6.26. The molecule has 0 N–H and O–H groups in total. The van der Waals surface area contributed by atoms with Crippen LogP contribution in [0.1, 0.15) is 0 Å². The van der Waals surface area contributed by atoms with Crippen molar-refractivity contribution in [1.82, 2.24) is 9.97 Å². The fourth-order valence-electron chi connectivity index (χ4n) is 2.14. The van der Waals surface area contributed by atoms with Crippen LogP contribution >= 0.6 is 0 Å². The highest BCUT2D eigenvalue weighted by Crippen LogP contribution is 2.31. The van der Waals surface area contributed by atoms with Crippen molar-refractivity contribution in [2.24, 2.45) is 0 Å². The number of hydrogen-bond donors (Lipinski definition) is 0. The maximum absolute atomic E-state index is 14.2. The molecule has 2 nitrogen and oxygen atoms in total. The summed E-state index contributed by atoms with van der Waals surface area (Å²) in [5, 5.41) is 0. The minimum absolute atomic E-state index is 0.0290. The van der Waals surface area contributed by atoms with Gasteiger partial charge in [-0.25, -0.2) is 27.5 Å². The minimum atomic E-state index is -1.19. The first kappa shape index (κ1) is 14.2. The van der Waals surface area contributed by atoms with Gasteiger partial charge in [-0.15, -0.1) is 0 Å². The van der Waals surface area contributed by atoms with Crippen molar-refractivity contribution < 1.29 is 17.6 Å². The summed E-state index contributed by atoms with van der Waals surface area (Å²) in [6.45, 7) is 0. The van der Waals surface area contributed by atoms with Crippen molar-refractivity contribution in [2.45, 2.75) is 0 Å². The fraction of sp³-hybridized carbons (Fsp3) is 0. The molecule has 0 aliphatic rings. The number of rotatable bonds is 2. The normalized spacial score (nSPS) is 10.7. The summed E-state index contributed by atoms with van der Waals surface area (Å²) in [6, 6.07) is 5.11. The first-order chi connectivity index (χ1) is 10.6. The molecule has 0 bridgehead atoms. The van der Waals surface area contributed by atoms with E-state index in [1.54, 1.807) is 0 Å². The molecule has 3 rings (SSSR count). The van der Waals surface area contributed by atoms with Crippen LogP contribution in [0.4, 0.5) is 17.6 Å². The highest BCUT2D eigenvalue weighted by molar-refractivity contribution is 5.71. The number of halogens is 4.